The van der Waals surface area contributed by atoms with Crippen LogP contribution in [-0.4, -0.2) is 56.2 Å². The molecule has 0 aromatic rings. The monoisotopic (exact) mass is 182 g/mol. The molecule has 0 radical (unpaired) electrons. The van der Waals surface area contributed by atoms with Crippen LogP contribution in [0.25, 0.3) is 0 Å². The van der Waals surface area contributed by atoms with Crippen LogP contribution in [0.3, 0.4) is 0 Å². The summed E-state index contributed by atoms with van der Waals surface area (Å²) in [5, 5.41) is 8.25. The van der Waals surface area contributed by atoms with Gasteiger partial charge in [-0.15, -0.1) is 0 Å². The first-order valence-electron chi connectivity index (χ1n) is 0.471. The van der Waals surface area contributed by atoms with Crippen LogP contribution in [0.15, 0.2) is 0 Å². The first-order valence-corrected chi connectivity index (χ1v) is 0.471. The summed E-state index contributed by atoms with van der Waals surface area (Å²) in [7, 11) is -0.500. The minimum absolute atomic E-state index is 0. The molecule has 0 saturated heterocycles. The van der Waals surface area contributed by atoms with Crippen molar-refractivity contribution in [2.75, 3.05) is 0 Å². The topological polar surface area (TPSA) is 40.1 Å². The SMILES string of the molecule is O=B[O-].[Ba+2].[H-]. The van der Waals surface area contributed by atoms with Crippen LogP contribution in [0.1, 0.15) is 1.43 Å². The average Bonchev–Trinajstić information content (AvgIpc) is 0.918. The van der Waals surface area contributed by atoms with Crippen molar-refractivity contribution in [3.63, 3.8) is 0 Å². The third-order valence-electron chi connectivity index (χ3n) is 0. The molecular formula is HBBaO2. The van der Waals surface area contributed by atoms with Gasteiger partial charge in [0.05, 0.1) is 0 Å². The zero-order valence-corrected chi connectivity index (χ0v) is 6.54. The maximum absolute atomic E-state index is 8.25. The molecule has 0 bridgehead atoms. The molecule has 0 unspecified atom stereocenters. The van der Waals surface area contributed by atoms with Gasteiger partial charge in [-0.2, -0.15) is 0 Å². The molecule has 0 fully saturated rings. The van der Waals surface area contributed by atoms with E-state index < -0.39 is 7.35 Å². The van der Waals surface area contributed by atoms with Gasteiger partial charge in [0.2, 0.25) is 0 Å². The summed E-state index contributed by atoms with van der Waals surface area (Å²) in [5.74, 6) is 0. The van der Waals surface area contributed by atoms with E-state index in [-0.39, 0.29) is 50.3 Å². The average molecular weight is 181 g/mol. The van der Waals surface area contributed by atoms with E-state index in [9.17, 15) is 0 Å². The Morgan fingerprint density at radius 1 is 2.00 bits per heavy atom. The molecule has 0 aliphatic carbocycles. The van der Waals surface area contributed by atoms with Gasteiger partial charge >= 0.3 is 66.0 Å². The van der Waals surface area contributed by atoms with Crippen LogP contribution in [-0.2, 0) is 4.70 Å². The summed E-state index contributed by atoms with van der Waals surface area (Å²) in [4.78, 5) is 0. The van der Waals surface area contributed by atoms with Crippen LogP contribution < -0.4 is 5.02 Å². The zero-order valence-electron chi connectivity index (χ0n) is 3.10. The van der Waals surface area contributed by atoms with Crippen molar-refractivity contribution in [3.8, 4) is 0 Å². The fraction of sp³-hybridized carbons (Fsp3) is 0. The second-order valence-electron chi connectivity index (χ2n) is 0.0962. The third-order valence-corrected chi connectivity index (χ3v) is 0. The van der Waals surface area contributed by atoms with Gasteiger partial charge in [0.15, 0.2) is 0 Å². The maximum atomic E-state index is 8.25. The molecule has 0 aromatic carbocycles. The molecule has 4 heteroatoms. The first-order chi connectivity index (χ1) is 1.41. The Balaban J connectivity index is -0.0000000200. The van der Waals surface area contributed by atoms with E-state index in [0.29, 0.717) is 0 Å². The summed E-state index contributed by atoms with van der Waals surface area (Å²) in [6.45, 7) is 0. The summed E-state index contributed by atoms with van der Waals surface area (Å²) in [6.07, 6.45) is 0. The van der Waals surface area contributed by atoms with E-state index in [1.54, 1.807) is 0 Å². The fourth-order valence-electron chi connectivity index (χ4n) is 0. The van der Waals surface area contributed by atoms with E-state index in [0.717, 1.165) is 0 Å². The molecule has 0 aliphatic rings. The van der Waals surface area contributed by atoms with E-state index in [2.05, 4.69) is 0 Å². The van der Waals surface area contributed by atoms with Crippen molar-refractivity contribution in [1.82, 2.24) is 0 Å². The molecule has 0 heterocycles. The van der Waals surface area contributed by atoms with Crippen LogP contribution >= 0.6 is 0 Å². The van der Waals surface area contributed by atoms with Crippen molar-refractivity contribution < 1.29 is 11.2 Å². The van der Waals surface area contributed by atoms with E-state index >= 15 is 0 Å². The van der Waals surface area contributed by atoms with Crippen LogP contribution in [0.4, 0.5) is 0 Å². The minimum Gasteiger partial charge on any atom is -1.00 e. The Kier molecular flexibility index (Phi) is 19.9. The Labute approximate surface area is 66.4 Å². The summed E-state index contributed by atoms with van der Waals surface area (Å²) < 4.78 is 8.25. The summed E-state index contributed by atoms with van der Waals surface area (Å²) in [6, 6.07) is 0. The standard InChI is InChI=1S/BO2.Ba.H/c2-1-3;;/q-1;+2;-1. The molecule has 0 N–H and O–H groups in total. The third kappa shape index (κ3) is 10.6. The van der Waals surface area contributed by atoms with Crippen LogP contribution in [0.2, 0.25) is 0 Å². The van der Waals surface area contributed by atoms with Gasteiger partial charge in [-0.25, -0.2) is 0 Å². The maximum Gasteiger partial charge on any atom is 2.00 e. The molecule has 0 saturated carbocycles. The predicted molar refractivity (Wildman–Crippen MR) is 13.3 cm³/mol. The molecule has 0 spiro atoms. The van der Waals surface area contributed by atoms with E-state index in [1.165, 1.54) is 0 Å². The number of hydrogen-bond donors (Lipinski definition) is 0. The largest absolute Gasteiger partial charge is 2.00 e. The van der Waals surface area contributed by atoms with Crippen molar-refractivity contribution in [1.29, 1.82) is 0 Å². The quantitative estimate of drug-likeness (QED) is 0.407. The Hall–Kier alpha value is 1.24. The molecule has 18 valence electrons. The predicted octanol–water partition coefficient (Wildman–Crippen LogP) is -1.96. The normalized spacial score (nSPS) is 2.00. The zero-order chi connectivity index (χ0) is 2.71. The van der Waals surface area contributed by atoms with Gasteiger partial charge in [0.25, 0.3) is 0 Å². The van der Waals surface area contributed by atoms with E-state index in [1.807, 2.05) is 0 Å². The van der Waals surface area contributed by atoms with E-state index in [4.69, 9.17) is 9.73 Å². The molecule has 4 heavy (non-hydrogen) atoms. The molecule has 2 nitrogen and oxygen atoms in total. The van der Waals surface area contributed by atoms with Crippen molar-refractivity contribution in [2.24, 2.45) is 0 Å². The van der Waals surface area contributed by atoms with Crippen molar-refractivity contribution in [2.45, 2.75) is 0 Å². The smallest absolute Gasteiger partial charge is 1.00 e. The van der Waals surface area contributed by atoms with Gasteiger partial charge in [-0.3, -0.25) is 0 Å². The summed E-state index contributed by atoms with van der Waals surface area (Å²) in [5.41, 5.74) is 0. The second kappa shape index (κ2) is 8.87. The molecule has 0 aromatic heterocycles. The molecule has 0 amide bonds. The minimum atomic E-state index is -0.500. The van der Waals surface area contributed by atoms with Gasteiger partial charge in [0.1, 0.15) is 0 Å². The van der Waals surface area contributed by atoms with Gasteiger partial charge in [0, 0.05) is 0 Å². The molecule has 0 aliphatic heterocycles. The first kappa shape index (κ1) is 8.97. The van der Waals surface area contributed by atoms with Gasteiger partial charge < -0.3 is 1.43 Å². The van der Waals surface area contributed by atoms with Crippen molar-refractivity contribution in [3.05, 3.63) is 0 Å². The molecule has 0 atom stereocenters. The van der Waals surface area contributed by atoms with Crippen LogP contribution in [0, 0.1) is 0 Å². The summed E-state index contributed by atoms with van der Waals surface area (Å²) >= 11 is 0. The fourth-order valence-corrected chi connectivity index (χ4v) is 0. The number of rotatable bonds is 0. The Bertz CT molecular complexity index is 17.1. The van der Waals surface area contributed by atoms with Gasteiger partial charge in [-0.1, -0.05) is 0 Å². The van der Waals surface area contributed by atoms with Crippen molar-refractivity contribution >= 4 is 56.2 Å². The molecule has 0 rings (SSSR count). The molecular weight excluding hydrogens is 180 g/mol. The Morgan fingerprint density at radius 2 is 2.00 bits per heavy atom. The number of hydrogen-bond acceptors (Lipinski definition) is 2. The Morgan fingerprint density at radius 3 is 2.00 bits per heavy atom. The van der Waals surface area contributed by atoms with Gasteiger partial charge in [-0.05, 0) is 0 Å². The van der Waals surface area contributed by atoms with Crippen LogP contribution in [0.5, 0.6) is 0 Å². The second-order valence-corrected chi connectivity index (χ2v) is 0.0962.